The first-order valence-electron chi connectivity index (χ1n) is 2.89. The van der Waals surface area contributed by atoms with Crippen molar-refractivity contribution in [2.75, 3.05) is 0 Å². The van der Waals surface area contributed by atoms with Crippen LogP contribution in [0.15, 0.2) is 11.9 Å². The van der Waals surface area contributed by atoms with Gasteiger partial charge >= 0.3 is 24.1 Å². The average molecular weight is 286 g/mol. The predicted molar refractivity (Wildman–Crippen MR) is 33.5 cm³/mol. The Hall–Kier alpha value is -1.04. The number of hydrogen-bond donors (Lipinski definition) is 0. The molecule has 0 aliphatic rings. The molecule has 0 aromatic rings. The van der Waals surface area contributed by atoms with E-state index >= 15 is 0 Å². The van der Waals surface area contributed by atoms with Crippen molar-refractivity contribution in [2.45, 2.75) is 18.0 Å². The molecule has 0 unspecified atom stereocenters. The van der Waals surface area contributed by atoms with Crippen LogP contribution in [0.25, 0.3) is 0 Å². The molecular weight excluding hydrogens is 282 g/mol. The third kappa shape index (κ3) is 3.46. The van der Waals surface area contributed by atoms with Gasteiger partial charge in [-0.1, -0.05) is 0 Å². The second kappa shape index (κ2) is 5.53. The summed E-state index contributed by atoms with van der Waals surface area (Å²) < 4.78 is 116. The highest BCUT2D eigenvalue weighted by molar-refractivity contribution is 5.12. The molecule has 0 bridgehead atoms. The highest BCUT2D eigenvalue weighted by atomic mass is 19.4. The maximum absolute atomic E-state index is 12.0. The molecule has 0 aliphatic heterocycles. The van der Waals surface area contributed by atoms with E-state index in [0.29, 0.717) is 0 Å². The van der Waals surface area contributed by atoms with Crippen molar-refractivity contribution < 1.29 is 54.9 Å². The van der Waals surface area contributed by atoms with Crippen LogP contribution < -0.4 is 0 Å². The Balaban J connectivity index is -0.000000980. The Morgan fingerprint density at radius 3 is 1.12 bits per heavy atom. The molecule has 0 aliphatic carbocycles. The van der Waals surface area contributed by atoms with Gasteiger partial charge in [0.15, 0.2) is 0 Å². The molecule has 4 N–H and O–H groups in total. The largest absolute Gasteiger partial charge is 0.460 e. The quantitative estimate of drug-likeness (QED) is 0.699. The Labute approximate surface area is 86.1 Å². The van der Waals surface area contributed by atoms with E-state index in [9.17, 15) is 43.9 Å². The highest BCUT2D eigenvalue weighted by Crippen LogP contribution is 2.50. The van der Waals surface area contributed by atoms with Crippen LogP contribution in [0.4, 0.5) is 43.9 Å². The summed E-state index contributed by atoms with van der Waals surface area (Å²) in [7, 11) is 0. The first-order valence-corrected chi connectivity index (χ1v) is 2.89. The Morgan fingerprint density at radius 2 is 0.941 bits per heavy atom. The maximum Gasteiger partial charge on any atom is 0.460 e. The van der Waals surface area contributed by atoms with Crippen LogP contribution >= 0.6 is 0 Å². The van der Waals surface area contributed by atoms with Crippen molar-refractivity contribution >= 4 is 0 Å². The summed E-state index contributed by atoms with van der Waals surface area (Å²) in [5, 5.41) is 0. The van der Waals surface area contributed by atoms with Gasteiger partial charge in [0.25, 0.3) is 0 Å². The smallest absolute Gasteiger partial charge is 0.412 e. The number of allylic oxidation sites excluding steroid dienone is 1. The molecule has 0 radical (unpaired) electrons. The third-order valence-electron chi connectivity index (χ3n) is 1.19. The fourth-order valence-corrected chi connectivity index (χ4v) is 0.435. The number of halogens is 10. The van der Waals surface area contributed by atoms with Crippen molar-refractivity contribution in [1.29, 1.82) is 0 Å². The summed E-state index contributed by atoms with van der Waals surface area (Å²) in [6, 6.07) is 0. The molecule has 0 rings (SSSR count). The van der Waals surface area contributed by atoms with E-state index in [1.807, 2.05) is 0 Å². The Kier molecular flexibility index (Phi) is 6.92. The maximum atomic E-state index is 12.0. The van der Waals surface area contributed by atoms with Gasteiger partial charge in [-0.25, -0.2) is 0 Å². The van der Waals surface area contributed by atoms with Gasteiger partial charge in [0.1, 0.15) is 0 Å². The summed E-state index contributed by atoms with van der Waals surface area (Å²) in [6.07, 6.45) is -10.8. The highest BCUT2D eigenvalue weighted by Gasteiger charge is 2.75. The second-order valence-electron chi connectivity index (χ2n) is 2.22. The van der Waals surface area contributed by atoms with Crippen molar-refractivity contribution in [3.8, 4) is 0 Å². The predicted octanol–water partition coefficient (Wildman–Crippen LogP) is 2.25. The normalized spacial score (nSPS) is 12.4. The van der Waals surface area contributed by atoms with Crippen LogP contribution in [0.1, 0.15) is 0 Å². The standard InChI is InChI=1S/C5F10.2H2O/c6-1(2(7)8)3(9,10)4(11,12)5(13,14)15;;/h;2*1H2. The van der Waals surface area contributed by atoms with E-state index < -0.39 is 29.9 Å². The van der Waals surface area contributed by atoms with Gasteiger partial charge in [-0.05, 0) is 0 Å². The molecule has 0 aromatic heterocycles. The van der Waals surface area contributed by atoms with E-state index in [0.717, 1.165) is 0 Å². The molecule has 0 amide bonds. The summed E-state index contributed by atoms with van der Waals surface area (Å²) in [6.45, 7) is 0. The second-order valence-corrected chi connectivity index (χ2v) is 2.22. The lowest BCUT2D eigenvalue weighted by molar-refractivity contribution is -0.348. The van der Waals surface area contributed by atoms with Crippen molar-refractivity contribution in [3.63, 3.8) is 0 Å². The molecule has 0 heterocycles. The molecule has 0 saturated heterocycles. The topological polar surface area (TPSA) is 63.0 Å². The van der Waals surface area contributed by atoms with E-state index in [1.165, 1.54) is 0 Å². The zero-order valence-corrected chi connectivity index (χ0v) is 7.28. The van der Waals surface area contributed by atoms with Crippen LogP contribution in [0.2, 0.25) is 0 Å². The lowest BCUT2D eigenvalue weighted by Gasteiger charge is -2.26. The van der Waals surface area contributed by atoms with Crippen molar-refractivity contribution in [2.24, 2.45) is 0 Å². The van der Waals surface area contributed by atoms with Gasteiger partial charge in [0.05, 0.1) is 0 Å². The minimum atomic E-state index is -6.91. The van der Waals surface area contributed by atoms with Crippen molar-refractivity contribution in [3.05, 3.63) is 11.9 Å². The van der Waals surface area contributed by atoms with Crippen molar-refractivity contribution in [1.82, 2.24) is 0 Å². The molecule has 0 spiro atoms. The summed E-state index contributed by atoms with van der Waals surface area (Å²) in [5.41, 5.74) is 0. The molecule has 0 aromatic carbocycles. The summed E-state index contributed by atoms with van der Waals surface area (Å²) >= 11 is 0. The van der Waals surface area contributed by atoms with E-state index in [-0.39, 0.29) is 11.0 Å². The van der Waals surface area contributed by atoms with Gasteiger partial charge in [-0.2, -0.15) is 43.9 Å². The first-order chi connectivity index (χ1) is 6.35. The average Bonchev–Trinajstić information content (AvgIpc) is 2.00. The number of hydrogen-bond acceptors (Lipinski definition) is 0. The minimum Gasteiger partial charge on any atom is -0.412 e. The van der Waals surface area contributed by atoms with Crippen LogP contribution in [-0.4, -0.2) is 29.0 Å². The number of alkyl halides is 7. The van der Waals surface area contributed by atoms with E-state index in [2.05, 4.69) is 0 Å². The van der Waals surface area contributed by atoms with Gasteiger partial charge in [0, 0.05) is 0 Å². The lowest BCUT2D eigenvalue weighted by atomic mass is 10.1. The molecule has 12 heteroatoms. The molecule has 0 fully saturated rings. The van der Waals surface area contributed by atoms with Gasteiger partial charge in [-0.3, -0.25) is 0 Å². The summed E-state index contributed by atoms with van der Waals surface area (Å²) in [5.74, 6) is -17.7. The number of rotatable bonds is 2. The molecular formula is C5H4F10O2. The zero-order chi connectivity index (χ0) is 12.7. The van der Waals surface area contributed by atoms with Crippen LogP contribution in [0.5, 0.6) is 0 Å². The van der Waals surface area contributed by atoms with E-state index in [4.69, 9.17) is 0 Å². The van der Waals surface area contributed by atoms with Crippen LogP contribution in [-0.2, 0) is 0 Å². The monoisotopic (exact) mass is 286 g/mol. The Bertz CT molecular complexity index is 275. The minimum absolute atomic E-state index is 0. The zero-order valence-electron chi connectivity index (χ0n) is 7.28. The Morgan fingerprint density at radius 1 is 0.647 bits per heavy atom. The fourth-order valence-electron chi connectivity index (χ4n) is 0.435. The molecule has 0 atom stereocenters. The first kappa shape index (κ1) is 21.3. The van der Waals surface area contributed by atoms with Crippen LogP contribution in [0.3, 0.4) is 0 Å². The van der Waals surface area contributed by atoms with Gasteiger partial charge in [0.2, 0.25) is 5.83 Å². The molecule has 17 heavy (non-hydrogen) atoms. The fraction of sp³-hybridized carbons (Fsp3) is 0.600. The third-order valence-corrected chi connectivity index (χ3v) is 1.19. The van der Waals surface area contributed by atoms with Gasteiger partial charge < -0.3 is 11.0 Å². The molecule has 0 saturated carbocycles. The lowest BCUT2D eigenvalue weighted by Crippen LogP contribution is -2.52. The summed E-state index contributed by atoms with van der Waals surface area (Å²) in [4.78, 5) is 0. The molecule has 106 valence electrons. The van der Waals surface area contributed by atoms with Crippen LogP contribution in [0, 0.1) is 0 Å². The van der Waals surface area contributed by atoms with E-state index in [1.54, 1.807) is 0 Å². The SMILES string of the molecule is FC(F)=C(F)C(F)(F)C(F)(F)C(F)(F)F.O.O. The van der Waals surface area contributed by atoms with Gasteiger partial charge in [-0.15, -0.1) is 0 Å². The molecule has 2 nitrogen and oxygen atoms in total.